The van der Waals surface area contributed by atoms with Crippen LogP contribution in [-0.2, 0) is 11.2 Å². The van der Waals surface area contributed by atoms with Crippen LogP contribution in [0.3, 0.4) is 0 Å². The highest BCUT2D eigenvalue weighted by Crippen LogP contribution is 2.10. The number of hydrogen-bond donors (Lipinski definition) is 1. The van der Waals surface area contributed by atoms with E-state index in [4.69, 9.17) is 4.42 Å². The molecule has 1 N–H and O–H groups in total. The van der Waals surface area contributed by atoms with Crippen LogP contribution in [0.1, 0.15) is 21.7 Å². The van der Waals surface area contributed by atoms with Crippen LogP contribution in [-0.4, -0.2) is 30.3 Å². The zero-order chi connectivity index (χ0) is 19.8. The zero-order valence-corrected chi connectivity index (χ0v) is 15.7. The van der Waals surface area contributed by atoms with E-state index in [-0.39, 0.29) is 17.5 Å². The summed E-state index contributed by atoms with van der Waals surface area (Å²) < 4.78 is 5.31. The number of likely N-dealkylation sites (N-methyl/N-ethyl adjacent to an activating group) is 1. The van der Waals surface area contributed by atoms with Crippen LogP contribution >= 0.6 is 0 Å². The Labute approximate surface area is 164 Å². The van der Waals surface area contributed by atoms with Gasteiger partial charge in [-0.3, -0.25) is 9.59 Å². The van der Waals surface area contributed by atoms with Crippen LogP contribution in [0, 0.1) is 0 Å². The van der Waals surface area contributed by atoms with Crippen molar-refractivity contribution in [2.24, 2.45) is 0 Å². The summed E-state index contributed by atoms with van der Waals surface area (Å²) in [7, 11) is 1.72. The molecule has 0 unspecified atom stereocenters. The molecule has 0 atom stereocenters. The molecule has 1 heterocycles. The normalized spacial score (nSPS) is 11.1. The molecule has 0 saturated heterocycles. The summed E-state index contributed by atoms with van der Waals surface area (Å²) >= 11 is 0. The lowest BCUT2D eigenvalue weighted by Crippen LogP contribution is -2.37. The van der Waals surface area contributed by atoms with E-state index in [1.807, 2.05) is 36.4 Å². The molecule has 28 heavy (non-hydrogen) atoms. The fourth-order valence-corrected chi connectivity index (χ4v) is 2.70. The Hall–Kier alpha value is -3.60. The molecular formula is C23H22N2O3. The average Bonchev–Trinajstić information content (AvgIpc) is 3.25. The first-order valence-electron chi connectivity index (χ1n) is 9.04. The summed E-state index contributed by atoms with van der Waals surface area (Å²) in [5, 5.41) is 2.72. The van der Waals surface area contributed by atoms with Crippen LogP contribution in [0.5, 0.6) is 0 Å². The smallest absolute Gasteiger partial charge is 0.270 e. The Morgan fingerprint density at radius 2 is 1.64 bits per heavy atom. The van der Waals surface area contributed by atoms with E-state index in [0.717, 1.165) is 12.0 Å². The summed E-state index contributed by atoms with van der Waals surface area (Å²) in [6.45, 7) is 0.527. The SMILES string of the molecule is CN(CCc1ccccc1)C(=O)/C(=C/c1ccco1)NC(=O)c1ccccc1. The van der Waals surface area contributed by atoms with E-state index in [2.05, 4.69) is 5.32 Å². The van der Waals surface area contributed by atoms with Crippen molar-refractivity contribution in [3.8, 4) is 0 Å². The molecule has 0 aliphatic heterocycles. The number of rotatable bonds is 7. The van der Waals surface area contributed by atoms with Gasteiger partial charge < -0.3 is 14.6 Å². The predicted molar refractivity (Wildman–Crippen MR) is 108 cm³/mol. The van der Waals surface area contributed by atoms with E-state index < -0.39 is 0 Å². The van der Waals surface area contributed by atoms with E-state index in [0.29, 0.717) is 17.9 Å². The van der Waals surface area contributed by atoms with Crippen LogP contribution < -0.4 is 5.32 Å². The Kier molecular flexibility index (Phi) is 6.41. The largest absolute Gasteiger partial charge is 0.465 e. The van der Waals surface area contributed by atoms with Crippen LogP contribution in [0.25, 0.3) is 6.08 Å². The third kappa shape index (κ3) is 5.20. The second-order valence-corrected chi connectivity index (χ2v) is 6.36. The predicted octanol–water partition coefficient (Wildman–Crippen LogP) is 3.75. The Balaban J connectivity index is 1.74. The number of hydrogen-bond acceptors (Lipinski definition) is 3. The fraction of sp³-hybridized carbons (Fsp3) is 0.130. The van der Waals surface area contributed by atoms with Gasteiger partial charge in [-0.1, -0.05) is 48.5 Å². The summed E-state index contributed by atoms with van der Waals surface area (Å²) in [6.07, 6.45) is 3.79. The molecule has 0 aliphatic carbocycles. The first-order valence-corrected chi connectivity index (χ1v) is 9.04. The lowest BCUT2D eigenvalue weighted by atomic mass is 10.1. The van der Waals surface area contributed by atoms with Gasteiger partial charge in [-0.05, 0) is 36.2 Å². The average molecular weight is 374 g/mol. The van der Waals surface area contributed by atoms with Gasteiger partial charge in [0.15, 0.2) is 0 Å². The van der Waals surface area contributed by atoms with E-state index >= 15 is 0 Å². The second kappa shape index (κ2) is 9.37. The molecule has 5 heteroatoms. The highest BCUT2D eigenvalue weighted by atomic mass is 16.3. The minimum absolute atomic E-state index is 0.166. The van der Waals surface area contributed by atoms with Gasteiger partial charge in [0.05, 0.1) is 6.26 Å². The van der Waals surface area contributed by atoms with Crippen LogP contribution in [0.15, 0.2) is 89.2 Å². The number of amides is 2. The first kappa shape index (κ1) is 19.2. The number of nitrogens with zero attached hydrogens (tertiary/aromatic N) is 1. The monoisotopic (exact) mass is 374 g/mol. The lowest BCUT2D eigenvalue weighted by Gasteiger charge is -2.19. The molecule has 0 aliphatic rings. The minimum atomic E-state index is -0.344. The second-order valence-electron chi connectivity index (χ2n) is 6.36. The Bertz CT molecular complexity index is 933. The Morgan fingerprint density at radius 1 is 0.964 bits per heavy atom. The standard InChI is InChI=1S/C23H22N2O3/c1-25(15-14-18-9-4-2-5-10-18)23(27)21(17-20-13-8-16-28-20)24-22(26)19-11-6-3-7-12-19/h2-13,16-17H,14-15H2,1H3,(H,24,26)/b21-17-. The van der Waals surface area contributed by atoms with Gasteiger partial charge in [-0.15, -0.1) is 0 Å². The molecule has 2 aromatic carbocycles. The summed E-state index contributed by atoms with van der Waals surface area (Å²) in [5.74, 6) is -0.131. The number of carbonyl (C=O) groups excluding carboxylic acids is 2. The van der Waals surface area contributed by atoms with Crippen molar-refractivity contribution in [1.82, 2.24) is 10.2 Å². The third-order valence-electron chi connectivity index (χ3n) is 4.27. The number of furan rings is 1. The summed E-state index contributed by atoms with van der Waals surface area (Å²) in [6, 6.07) is 22.2. The molecule has 0 spiro atoms. The first-order chi connectivity index (χ1) is 13.6. The van der Waals surface area contributed by atoms with Crippen LogP contribution in [0.4, 0.5) is 0 Å². The third-order valence-corrected chi connectivity index (χ3v) is 4.27. The van der Waals surface area contributed by atoms with Crippen molar-refractivity contribution in [1.29, 1.82) is 0 Å². The number of nitrogens with one attached hydrogen (secondary N) is 1. The maximum absolute atomic E-state index is 13.0. The van der Waals surface area contributed by atoms with Gasteiger partial charge in [0.1, 0.15) is 11.5 Å². The molecule has 0 fully saturated rings. The van der Waals surface area contributed by atoms with Crippen molar-refractivity contribution < 1.29 is 14.0 Å². The molecule has 0 saturated carbocycles. The molecular weight excluding hydrogens is 352 g/mol. The quantitative estimate of drug-likeness (QED) is 0.641. The van der Waals surface area contributed by atoms with Crippen LogP contribution in [0.2, 0.25) is 0 Å². The molecule has 3 rings (SSSR count). The van der Waals surface area contributed by atoms with Gasteiger partial charge in [0, 0.05) is 25.2 Å². The van der Waals surface area contributed by atoms with Crippen molar-refractivity contribution in [2.75, 3.05) is 13.6 Å². The van der Waals surface area contributed by atoms with E-state index in [9.17, 15) is 9.59 Å². The minimum Gasteiger partial charge on any atom is -0.465 e. The molecule has 3 aromatic rings. The van der Waals surface area contributed by atoms with Gasteiger partial charge in [-0.2, -0.15) is 0 Å². The van der Waals surface area contributed by atoms with Gasteiger partial charge in [0.25, 0.3) is 11.8 Å². The van der Waals surface area contributed by atoms with Crippen molar-refractivity contribution in [2.45, 2.75) is 6.42 Å². The highest BCUT2D eigenvalue weighted by Gasteiger charge is 2.18. The lowest BCUT2D eigenvalue weighted by molar-refractivity contribution is -0.126. The van der Waals surface area contributed by atoms with E-state index in [1.165, 1.54) is 6.26 Å². The van der Waals surface area contributed by atoms with Gasteiger partial charge >= 0.3 is 0 Å². The van der Waals surface area contributed by atoms with Crippen molar-refractivity contribution in [3.05, 3.63) is 102 Å². The summed E-state index contributed by atoms with van der Waals surface area (Å²) in [5.41, 5.74) is 1.79. The molecule has 1 aromatic heterocycles. The fourth-order valence-electron chi connectivity index (χ4n) is 2.70. The van der Waals surface area contributed by atoms with Gasteiger partial charge in [0.2, 0.25) is 0 Å². The summed E-state index contributed by atoms with van der Waals surface area (Å²) in [4.78, 5) is 27.1. The molecule has 142 valence electrons. The molecule has 0 bridgehead atoms. The van der Waals surface area contributed by atoms with E-state index in [1.54, 1.807) is 54.4 Å². The molecule has 5 nitrogen and oxygen atoms in total. The number of benzene rings is 2. The van der Waals surface area contributed by atoms with Crippen molar-refractivity contribution in [3.63, 3.8) is 0 Å². The maximum Gasteiger partial charge on any atom is 0.270 e. The molecule has 2 amide bonds. The highest BCUT2D eigenvalue weighted by molar-refractivity contribution is 6.05. The van der Waals surface area contributed by atoms with Crippen molar-refractivity contribution >= 4 is 17.9 Å². The molecule has 0 radical (unpaired) electrons. The maximum atomic E-state index is 13.0. The Morgan fingerprint density at radius 3 is 2.29 bits per heavy atom. The topological polar surface area (TPSA) is 62.6 Å². The number of carbonyl (C=O) groups is 2. The van der Waals surface area contributed by atoms with Gasteiger partial charge in [-0.25, -0.2) is 0 Å². The zero-order valence-electron chi connectivity index (χ0n) is 15.7.